The molecule has 0 atom stereocenters. The summed E-state index contributed by atoms with van der Waals surface area (Å²) in [4.78, 5) is 24.7. The molecule has 2 aromatic carbocycles. The molecule has 27 heavy (non-hydrogen) atoms. The highest BCUT2D eigenvalue weighted by molar-refractivity contribution is 5.93. The van der Waals surface area contributed by atoms with E-state index in [9.17, 15) is 9.59 Å². The molecule has 0 unspecified atom stereocenters. The number of fused-ring (bicyclic) bond motifs is 1. The standard InChI is InChI=1S/C22H22N2O3/c1-4-11-24-12-10-17-18(22(24)26)6-5-7-20(17)27-14-21(25)23-19-9-8-15(2)13-16(19)3/h4-10,12-13H,1,11,14H2,2-3H3,(H,23,25). The quantitative estimate of drug-likeness (QED) is 0.678. The average Bonchev–Trinajstić information content (AvgIpc) is 2.65. The highest BCUT2D eigenvalue weighted by Crippen LogP contribution is 2.23. The Bertz CT molecular complexity index is 1070. The average molecular weight is 362 g/mol. The van der Waals surface area contributed by atoms with Gasteiger partial charge in [-0.25, -0.2) is 0 Å². The zero-order valence-corrected chi connectivity index (χ0v) is 15.5. The van der Waals surface area contributed by atoms with Crippen molar-refractivity contribution in [1.82, 2.24) is 4.57 Å². The number of carbonyl (C=O) groups excluding carboxylic acids is 1. The summed E-state index contributed by atoms with van der Waals surface area (Å²) in [5.74, 6) is 0.255. The van der Waals surface area contributed by atoms with Gasteiger partial charge in [-0.05, 0) is 43.7 Å². The Morgan fingerprint density at radius 2 is 2.00 bits per heavy atom. The number of pyridine rings is 1. The summed E-state index contributed by atoms with van der Waals surface area (Å²) in [6, 6.07) is 12.9. The van der Waals surface area contributed by atoms with E-state index >= 15 is 0 Å². The van der Waals surface area contributed by atoms with Crippen molar-refractivity contribution >= 4 is 22.4 Å². The molecule has 0 aliphatic heterocycles. The molecule has 0 aliphatic rings. The van der Waals surface area contributed by atoms with Crippen LogP contribution in [0.25, 0.3) is 10.8 Å². The predicted molar refractivity (Wildman–Crippen MR) is 108 cm³/mol. The number of nitrogens with one attached hydrogen (secondary N) is 1. The first-order valence-electron chi connectivity index (χ1n) is 8.72. The molecule has 3 aromatic rings. The molecule has 0 radical (unpaired) electrons. The van der Waals surface area contributed by atoms with Crippen molar-refractivity contribution in [1.29, 1.82) is 0 Å². The zero-order valence-electron chi connectivity index (χ0n) is 15.5. The third-order valence-corrected chi connectivity index (χ3v) is 4.32. The van der Waals surface area contributed by atoms with E-state index in [0.29, 0.717) is 23.1 Å². The molecule has 138 valence electrons. The minimum atomic E-state index is -0.251. The van der Waals surface area contributed by atoms with Crippen molar-refractivity contribution in [2.45, 2.75) is 20.4 Å². The van der Waals surface area contributed by atoms with E-state index in [1.54, 1.807) is 35.0 Å². The van der Waals surface area contributed by atoms with Crippen molar-refractivity contribution < 1.29 is 9.53 Å². The number of aromatic nitrogens is 1. The smallest absolute Gasteiger partial charge is 0.262 e. The van der Waals surface area contributed by atoms with Gasteiger partial charge in [0, 0.05) is 23.8 Å². The summed E-state index contributed by atoms with van der Waals surface area (Å²) in [5.41, 5.74) is 2.79. The van der Waals surface area contributed by atoms with E-state index in [1.165, 1.54) is 0 Å². The van der Waals surface area contributed by atoms with Crippen LogP contribution in [0.1, 0.15) is 11.1 Å². The number of carbonyl (C=O) groups is 1. The summed E-state index contributed by atoms with van der Waals surface area (Å²) in [6.07, 6.45) is 3.37. The summed E-state index contributed by atoms with van der Waals surface area (Å²) in [5, 5.41) is 4.08. The number of allylic oxidation sites excluding steroid dienone is 1. The van der Waals surface area contributed by atoms with Gasteiger partial charge in [0.1, 0.15) is 5.75 Å². The third-order valence-electron chi connectivity index (χ3n) is 4.32. The zero-order chi connectivity index (χ0) is 19.4. The normalized spacial score (nSPS) is 10.6. The second-order valence-electron chi connectivity index (χ2n) is 6.43. The van der Waals surface area contributed by atoms with Gasteiger partial charge in [0.15, 0.2) is 6.61 Å². The van der Waals surface area contributed by atoms with Crippen LogP contribution in [0, 0.1) is 13.8 Å². The number of nitrogens with zero attached hydrogens (tertiary/aromatic N) is 1. The monoisotopic (exact) mass is 362 g/mol. The molecule has 0 bridgehead atoms. The van der Waals surface area contributed by atoms with Gasteiger partial charge in [0.25, 0.3) is 11.5 Å². The number of hydrogen-bond acceptors (Lipinski definition) is 3. The number of anilines is 1. The fourth-order valence-electron chi connectivity index (χ4n) is 2.98. The summed E-state index contributed by atoms with van der Waals surface area (Å²) < 4.78 is 7.27. The van der Waals surface area contributed by atoms with Gasteiger partial charge >= 0.3 is 0 Å². The number of hydrogen-bond donors (Lipinski definition) is 1. The van der Waals surface area contributed by atoms with Crippen LogP contribution in [0.3, 0.4) is 0 Å². The summed E-state index contributed by atoms with van der Waals surface area (Å²) in [7, 11) is 0. The van der Waals surface area contributed by atoms with Gasteiger partial charge in [0.2, 0.25) is 0 Å². The van der Waals surface area contributed by atoms with Crippen LogP contribution in [-0.4, -0.2) is 17.1 Å². The van der Waals surface area contributed by atoms with E-state index in [1.807, 2.05) is 38.1 Å². The molecule has 1 aromatic heterocycles. The Balaban J connectivity index is 1.76. The Hall–Kier alpha value is -3.34. The molecule has 0 aliphatic carbocycles. The molecular weight excluding hydrogens is 340 g/mol. The molecule has 0 saturated heterocycles. The Morgan fingerprint density at radius 1 is 1.19 bits per heavy atom. The van der Waals surface area contributed by atoms with Crippen molar-refractivity contribution in [3.8, 4) is 5.75 Å². The van der Waals surface area contributed by atoms with Crippen LogP contribution in [0.15, 0.2) is 66.1 Å². The van der Waals surface area contributed by atoms with E-state index in [0.717, 1.165) is 16.8 Å². The van der Waals surface area contributed by atoms with Crippen LogP contribution in [0.5, 0.6) is 5.75 Å². The molecule has 1 N–H and O–H groups in total. The first-order valence-corrected chi connectivity index (χ1v) is 8.72. The topological polar surface area (TPSA) is 60.3 Å². The lowest BCUT2D eigenvalue weighted by Gasteiger charge is -2.12. The molecule has 5 nitrogen and oxygen atoms in total. The van der Waals surface area contributed by atoms with Gasteiger partial charge in [-0.3, -0.25) is 9.59 Å². The molecule has 1 amide bonds. The van der Waals surface area contributed by atoms with Gasteiger partial charge in [-0.1, -0.05) is 29.8 Å². The van der Waals surface area contributed by atoms with Gasteiger partial charge < -0.3 is 14.6 Å². The maximum atomic E-state index is 12.5. The molecule has 0 fully saturated rings. The number of ether oxygens (including phenoxy) is 1. The number of aryl methyl sites for hydroxylation is 2. The van der Waals surface area contributed by atoms with Crippen molar-refractivity contribution in [2.75, 3.05) is 11.9 Å². The van der Waals surface area contributed by atoms with Crippen LogP contribution >= 0.6 is 0 Å². The molecule has 5 heteroatoms. The maximum Gasteiger partial charge on any atom is 0.262 e. The molecule has 0 spiro atoms. The fraction of sp³-hybridized carbons (Fsp3) is 0.182. The fourth-order valence-corrected chi connectivity index (χ4v) is 2.98. The van der Waals surface area contributed by atoms with Crippen LogP contribution in [-0.2, 0) is 11.3 Å². The van der Waals surface area contributed by atoms with Crippen molar-refractivity contribution in [3.05, 3.63) is 82.8 Å². The SMILES string of the molecule is C=CCn1ccc2c(OCC(=O)Nc3ccc(C)cc3C)cccc2c1=O. The highest BCUT2D eigenvalue weighted by atomic mass is 16.5. The largest absolute Gasteiger partial charge is 0.483 e. The van der Waals surface area contributed by atoms with E-state index < -0.39 is 0 Å². The first kappa shape index (κ1) is 18.5. The van der Waals surface area contributed by atoms with E-state index in [4.69, 9.17) is 4.74 Å². The van der Waals surface area contributed by atoms with Gasteiger partial charge in [-0.2, -0.15) is 0 Å². The summed E-state index contributed by atoms with van der Waals surface area (Å²) >= 11 is 0. The third kappa shape index (κ3) is 4.08. The lowest BCUT2D eigenvalue weighted by molar-refractivity contribution is -0.118. The molecule has 3 rings (SSSR count). The minimum absolute atomic E-state index is 0.113. The minimum Gasteiger partial charge on any atom is -0.483 e. The van der Waals surface area contributed by atoms with E-state index in [-0.39, 0.29) is 18.1 Å². The molecular formula is C22H22N2O3. The van der Waals surface area contributed by atoms with Gasteiger partial charge in [-0.15, -0.1) is 6.58 Å². The Kier molecular flexibility index (Phi) is 5.41. The lowest BCUT2D eigenvalue weighted by atomic mass is 10.1. The van der Waals surface area contributed by atoms with Crippen LogP contribution in [0.2, 0.25) is 0 Å². The van der Waals surface area contributed by atoms with Crippen molar-refractivity contribution in [3.63, 3.8) is 0 Å². The Morgan fingerprint density at radius 3 is 2.74 bits per heavy atom. The van der Waals surface area contributed by atoms with E-state index in [2.05, 4.69) is 11.9 Å². The van der Waals surface area contributed by atoms with Crippen LogP contribution in [0.4, 0.5) is 5.69 Å². The molecule has 0 saturated carbocycles. The highest BCUT2D eigenvalue weighted by Gasteiger charge is 2.10. The first-order chi connectivity index (χ1) is 13.0. The van der Waals surface area contributed by atoms with Crippen LogP contribution < -0.4 is 15.6 Å². The van der Waals surface area contributed by atoms with Gasteiger partial charge in [0.05, 0.1) is 5.39 Å². The Labute approximate surface area is 157 Å². The number of benzene rings is 2. The number of amides is 1. The lowest BCUT2D eigenvalue weighted by Crippen LogP contribution is -2.21. The second kappa shape index (κ2) is 7.91. The number of rotatable bonds is 6. The second-order valence-corrected chi connectivity index (χ2v) is 6.43. The maximum absolute atomic E-state index is 12.5. The van der Waals surface area contributed by atoms with Crippen molar-refractivity contribution in [2.24, 2.45) is 0 Å². The predicted octanol–water partition coefficient (Wildman–Crippen LogP) is 3.82. The summed E-state index contributed by atoms with van der Waals surface area (Å²) in [6.45, 7) is 7.92. The molecule has 1 heterocycles.